The normalized spacial score (nSPS) is 16.8. The number of thiophene rings is 1. The molecule has 0 radical (unpaired) electrons. The predicted octanol–water partition coefficient (Wildman–Crippen LogP) is 4.43. The molecule has 0 spiro atoms. The van der Waals surface area contributed by atoms with Crippen molar-refractivity contribution in [1.82, 2.24) is 9.88 Å². The second-order valence-electron chi connectivity index (χ2n) is 6.69. The summed E-state index contributed by atoms with van der Waals surface area (Å²) in [5, 5.41) is 4.86. The molecule has 1 aromatic carbocycles. The maximum Gasteiger partial charge on any atom is 0.573 e. The van der Waals surface area contributed by atoms with Gasteiger partial charge < -0.3 is 15.0 Å². The number of amides is 2. The van der Waals surface area contributed by atoms with Crippen molar-refractivity contribution in [1.29, 1.82) is 0 Å². The lowest BCUT2D eigenvalue weighted by molar-refractivity contribution is -0.274. The Bertz CT molecular complexity index is 1070. The van der Waals surface area contributed by atoms with Crippen LogP contribution in [0.5, 0.6) is 5.75 Å². The fourth-order valence-corrected chi connectivity index (χ4v) is 4.94. The van der Waals surface area contributed by atoms with Crippen LogP contribution in [0, 0.1) is 0 Å². The summed E-state index contributed by atoms with van der Waals surface area (Å²) in [6, 6.07) is 6.96. The van der Waals surface area contributed by atoms with E-state index in [1.54, 1.807) is 4.90 Å². The minimum atomic E-state index is -4.78. The molecule has 4 rings (SSSR count). The number of thiazole rings is 1. The summed E-state index contributed by atoms with van der Waals surface area (Å²) in [6.45, 7) is 0.514. The number of aromatic nitrogens is 1. The maximum atomic E-state index is 12.8. The van der Waals surface area contributed by atoms with Crippen molar-refractivity contribution < 1.29 is 27.5 Å². The SMILES string of the molecule is O=C(Nc1nc2ccc(OC(F)(F)F)cc2s1)C1CCCN1C(=O)Cc1cccs1. The van der Waals surface area contributed by atoms with Gasteiger partial charge in [-0.1, -0.05) is 17.4 Å². The number of benzene rings is 1. The molecular formula is C19H16F3N3O3S2. The van der Waals surface area contributed by atoms with Gasteiger partial charge in [-0.25, -0.2) is 4.98 Å². The zero-order chi connectivity index (χ0) is 21.3. The molecule has 158 valence electrons. The summed E-state index contributed by atoms with van der Waals surface area (Å²) in [5.41, 5.74) is 0.446. The Morgan fingerprint density at radius 2 is 2.13 bits per heavy atom. The molecule has 11 heteroatoms. The molecule has 0 aliphatic carbocycles. The number of likely N-dealkylation sites (tertiary alicyclic amines) is 1. The number of nitrogens with zero attached hydrogens (tertiary/aromatic N) is 2. The van der Waals surface area contributed by atoms with Crippen LogP contribution in [-0.2, 0) is 16.0 Å². The molecule has 1 aliphatic heterocycles. The van der Waals surface area contributed by atoms with Crippen molar-refractivity contribution >= 4 is 49.8 Å². The van der Waals surface area contributed by atoms with Gasteiger partial charge in [-0.3, -0.25) is 9.59 Å². The summed E-state index contributed by atoms with van der Waals surface area (Å²) in [4.78, 5) is 32.1. The fraction of sp³-hybridized carbons (Fsp3) is 0.316. The van der Waals surface area contributed by atoms with Gasteiger partial charge in [0.1, 0.15) is 11.8 Å². The monoisotopic (exact) mass is 455 g/mol. The molecule has 0 bridgehead atoms. The zero-order valence-corrected chi connectivity index (χ0v) is 17.1. The van der Waals surface area contributed by atoms with Crippen molar-refractivity contribution in [2.45, 2.75) is 31.7 Å². The first-order valence-electron chi connectivity index (χ1n) is 9.07. The highest BCUT2D eigenvalue weighted by atomic mass is 32.1. The number of anilines is 1. The van der Waals surface area contributed by atoms with Crippen molar-refractivity contribution in [3.63, 3.8) is 0 Å². The lowest BCUT2D eigenvalue weighted by Crippen LogP contribution is -2.43. The molecule has 1 atom stereocenters. The number of ether oxygens (including phenoxy) is 1. The Morgan fingerprint density at radius 3 is 2.87 bits per heavy atom. The molecule has 3 heterocycles. The van der Waals surface area contributed by atoms with Crippen molar-refractivity contribution in [2.75, 3.05) is 11.9 Å². The Morgan fingerprint density at radius 1 is 1.30 bits per heavy atom. The lowest BCUT2D eigenvalue weighted by Gasteiger charge is -2.23. The Labute approximate surface area is 177 Å². The molecule has 2 aromatic heterocycles. The van der Waals surface area contributed by atoms with Gasteiger partial charge in [0.25, 0.3) is 0 Å². The first-order chi connectivity index (χ1) is 14.3. The number of hydrogen-bond donors (Lipinski definition) is 1. The fourth-order valence-electron chi connectivity index (χ4n) is 3.35. The van der Waals surface area contributed by atoms with Crippen molar-refractivity contribution in [2.24, 2.45) is 0 Å². The average Bonchev–Trinajstić information content (AvgIpc) is 3.40. The van der Waals surface area contributed by atoms with E-state index in [1.165, 1.54) is 29.5 Å². The van der Waals surface area contributed by atoms with E-state index >= 15 is 0 Å². The number of fused-ring (bicyclic) bond motifs is 1. The van der Waals surface area contributed by atoms with Crippen LogP contribution in [0.2, 0.25) is 0 Å². The van der Waals surface area contributed by atoms with Gasteiger partial charge in [0.05, 0.1) is 16.6 Å². The van der Waals surface area contributed by atoms with Crippen LogP contribution in [0.1, 0.15) is 17.7 Å². The first kappa shape index (κ1) is 20.6. The number of hydrogen-bond acceptors (Lipinski definition) is 6. The van der Waals surface area contributed by atoms with Crippen LogP contribution in [-0.4, -0.2) is 40.6 Å². The maximum absolute atomic E-state index is 12.8. The number of carbonyl (C=O) groups is 2. The highest BCUT2D eigenvalue weighted by Gasteiger charge is 2.34. The third-order valence-corrected chi connectivity index (χ3v) is 6.41. The molecule has 1 aliphatic rings. The summed E-state index contributed by atoms with van der Waals surface area (Å²) in [5.74, 6) is -0.802. The zero-order valence-electron chi connectivity index (χ0n) is 15.4. The second-order valence-corrected chi connectivity index (χ2v) is 8.75. The van der Waals surface area contributed by atoms with Gasteiger partial charge >= 0.3 is 6.36 Å². The van der Waals surface area contributed by atoms with Crippen LogP contribution in [0.15, 0.2) is 35.7 Å². The number of rotatable bonds is 5. The van der Waals surface area contributed by atoms with Crippen molar-refractivity contribution in [3.8, 4) is 5.75 Å². The van der Waals surface area contributed by atoms with Gasteiger partial charge in [0.15, 0.2) is 5.13 Å². The highest BCUT2D eigenvalue weighted by Crippen LogP contribution is 2.32. The Kier molecular flexibility index (Phi) is 5.65. The Hall–Kier alpha value is -2.66. The van der Waals surface area contributed by atoms with Gasteiger partial charge in [-0.15, -0.1) is 24.5 Å². The van der Waals surface area contributed by atoms with Gasteiger partial charge in [-0.05, 0) is 36.4 Å². The summed E-state index contributed by atoms with van der Waals surface area (Å²) < 4.78 is 41.5. The molecule has 1 saturated heterocycles. The number of halogens is 3. The number of alkyl halides is 3. The third kappa shape index (κ3) is 4.73. The van der Waals surface area contributed by atoms with Gasteiger partial charge in [0.2, 0.25) is 11.8 Å². The standard InChI is InChI=1S/C19H16F3N3O3S2/c20-19(21,22)28-11-5-6-13-15(9-11)30-18(23-13)24-17(27)14-4-1-7-25(14)16(26)10-12-3-2-8-29-12/h2-3,5-6,8-9,14H,1,4,7,10H2,(H,23,24,27). The molecule has 1 fully saturated rings. The first-order valence-corrected chi connectivity index (χ1v) is 10.8. The largest absolute Gasteiger partial charge is 0.573 e. The van der Waals surface area contributed by atoms with Gasteiger partial charge in [0, 0.05) is 17.5 Å². The van der Waals surface area contributed by atoms with E-state index in [2.05, 4.69) is 15.0 Å². The van der Waals surface area contributed by atoms with Crippen LogP contribution in [0.25, 0.3) is 10.2 Å². The molecule has 3 aromatic rings. The van der Waals surface area contributed by atoms with Crippen LogP contribution < -0.4 is 10.1 Å². The van der Waals surface area contributed by atoms with Crippen LogP contribution >= 0.6 is 22.7 Å². The lowest BCUT2D eigenvalue weighted by atomic mass is 10.2. The quantitative estimate of drug-likeness (QED) is 0.618. The topological polar surface area (TPSA) is 71.5 Å². The average molecular weight is 455 g/mol. The molecule has 1 N–H and O–H groups in total. The number of carbonyl (C=O) groups excluding carboxylic acids is 2. The summed E-state index contributed by atoms with van der Waals surface area (Å²) >= 11 is 2.54. The predicted molar refractivity (Wildman–Crippen MR) is 108 cm³/mol. The van der Waals surface area contributed by atoms with E-state index < -0.39 is 12.4 Å². The summed E-state index contributed by atoms with van der Waals surface area (Å²) in [7, 11) is 0. The molecule has 1 unspecified atom stereocenters. The minimum absolute atomic E-state index is 0.103. The summed E-state index contributed by atoms with van der Waals surface area (Å²) in [6.07, 6.45) is -3.25. The minimum Gasteiger partial charge on any atom is -0.406 e. The molecule has 0 saturated carbocycles. The van der Waals surface area contributed by atoms with E-state index in [0.29, 0.717) is 23.2 Å². The molecule has 6 nitrogen and oxygen atoms in total. The van der Waals surface area contributed by atoms with E-state index in [-0.39, 0.29) is 29.1 Å². The number of nitrogens with one attached hydrogen (secondary N) is 1. The van der Waals surface area contributed by atoms with E-state index in [4.69, 9.17) is 0 Å². The third-order valence-electron chi connectivity index (χ3n) is 4.60. The molecule has 2 amide bonds. The smallest absolute Gasteiger partial charge is 0.406 e. The molecule has 30 heavy (non-hydrogen) atoms. The van der Waals surface area contributed by atoms with E-state index in [1.807, 2.05) is 17.5 Å². The van der Waals surface area contributed by atoms with E-state index in [9.17, 15) is 22.8 Å². The van der Waals surface area contributed by atoms with Crippen LogP contribution in [0.4, 0.5) is 18.3 Å². The van der Waals surface area contributed by atoms with Crippen molar-refractivity contribution in [3.05, 3.63) is 40.6 Å². The van der Waals surface area contributed by atoms with Gasteiger partial charge in [-0.2, -0.15) is 0 Å². The second kappa shape index (κ2) is 8.23. The highest BCUT2D eigenvalue weighted by molar-refractivity contribution is 7.22. The van der Waals surface area contributed by atoms with E-state index in [0.717, 1.165) is 22.6 Å². The molecular weight excluding hydrogens is 439 g/mol. The van der Waals surface area contributed by atoms with Crippen LogP contribution in [0.3, 0.4) is 0 Å². The Balaban J connectivity index is 1.44.